The molecule has 1 aromatic carbocycles. The predicted molar refractivity (Wildman–Crippen MR) is 68.1 cm³/mol. The molecule has 1 aliphatic rings. The number of phenols is 2. The molecule has 0 amide bonds. The van der Waals surface area contributed by atoms with Crippen LogP contribution in [0.1, 0.15) is 32.4 Å². The molecule has 1 heterocycles. The second-order valence-corrected chi connectivity index (χ2v) is 5.29. The molecule has 0 radical (unpaired) electrons. The fraction of sp³-hybridized carbons (Fsp3) is 0.571. The Balaban J connectivity index is 2.23. The zero-order chi connectivity index (χ0) is 12.6. The molecule has 0 bridgehead atoms. The van der Waals surface area contributed by atoms with Gasteiger partial charge in [-0.2, -0.15) is 0 Å². The lowest BCUT2D eigenvalue weighted by molar-refractivity contribution is 0.241. The van der Waals surface area contributed by atoms with Crippen molar-refractivity contribution in [2.45, 2.75) is 26.8 Å². The van der Waals surface area contributed by atoms with E-state index in [-0.39, 0.29) is 17.5 Å². The van der Waals surface area contributed by atoms with Crippen molar-refractivity contribution in [2.24, 2.45) is 11.8 Å². The van der Waals surface area contributed by atoms with Crippen molar-refractivity contribution in [1.82, 2.24) is 4.90 Å². The molecule has 3 nitrogen and oxygen atoms in total. The topological polar surface area (TPSA) is 43.7 Å². The first-order valence-corrected chi connectivity index (χ1v) is 6.25. The highest BCUT2D eigenvalue weighted by Gasteiger charge is 2.31. The van der Waals surface area contributed by atoms with Crippen molar-refractivity contribution in [1.29, 1.82) is 0 Å². The van der Waals surface area contributed by atoms with Gasteiger partial charge >= 0.3 is 0 Å². The number of hydrogen-bond donors (Lipinski definition) is 2. The Morgan fingerprint density at radius 3 is 2.06 bits per heavy atom. The third-order valence-electron chi connectivity index (χ3n) is 4.04. The van der Waals surface area contributed by atoms with Gasteiger partial charge in [0.2, 0.25) is 0 Å². The van der Waals surface area contributed by atoms with Gasteiger partial charge in [0.1, 0.15) is 11.5 Å². The fourth-order valence-electron chi connectivity index (χ4n) is 2.64. The molecule has 17 heavy (non-hydrogen) atoms. The third-order valence-corrected chi connectivity index (χ3v) is 4.04. The van der Waals surface area contributed by atoms with E-state index in [1.807, 2.05) is 6.92 Å². The van der Waals surface area contributed by atoms with Crippen LogP contribution in [-0.2, 0) is 0 Å². The maximum absolute atomic E-state index is 9.87. The molecule has 94 valence electrons. The minimum atomic E-state index is 0.0589. The van der Waals surface area contributed by atoms with E-state index in [1.165, 1.54) is 0 Å². The van der Waals surface area contributed by atoms with E-state index in [1.54, 1.807) is 18.2 Å². The zero-order valence-electron chi connectivity index (χ0n) is 10.7. The molecule has 0 saturated carbocycles. The van der Waals surface area contributed by atoms with Crippen molar-refractivity contribution >= 4 is 0 Å². The molecular formula is C14H21NO2. The SMILES string of the molecule is CC1CN(C(C)c2c(O)cccc2O)CC1C. The van der Waals surface area contributed by atoms with Gasteiger partial charge in [-0.3, -0.25) is 4.90 Å². The summed E-state index contributed by atoms with van der Waals surface area (Å²) in [4.78, 5) is 2.32. The lowest BCUT2D eigenvalue weighted by Crippen LogP contribution is -2.24. The van der Waals surface area contributed by atoms with Crippen molar-refractivity contribution in [3.8, 4) is 11.5 Å². The molecule has 0 aliphatic carbocycles. The second-order valence-electron chi connectivity index (χ2n) is 5.29. The number of likely N-dealkylation sites (tertiary alicyclic amines) is 1. The largest absolute Gasteiger partial charge is 0.507 e. The Bertz CT molecular complexity index is 375. The summed E-state index contributed by atoms with van der Waals surface area (Å²) in [5, 5.41) is 19.7. The van der Waals surface area contributed by atoms with E-state index in [4.69, 9.17) is 0 Å². The van der Waals surface area contributed by atoms with E-state index < -0.39 is 0 Å². The van der Waals surface area contributed by atoms with Crippen molar-refractivity contribution in [2.75, 3.05) is 13.1 Å². The molecule has 0 spiro atoms. The van der Waals surface area contributed by atoms with Gasteiger partial charge in [-0.25, -0.2) is 0 Å². The summed E-state index contributed by atoms with van der Waals surface area (Å²) in [6.45, 7) is 8.59. The minimum absolute atomic E-state index is 0.0589. The maximum atomic E-state index is 9.87. The first kappa shape index (κ1) is 12.2. The van der Waals surface area contributed by atoms with Gasteiger partial charge in [-0.1, -0.05) is 19.9 Å². The van der Waals surface area contributed by atoms with E-state index in [2.05, 4.69) is 18.7 Å². The first-order chi connectivity index (χ1) is 8.00. The summed E-state index contributed by atoms with van der Waals surface area (Å²) in [5.74, 6) is 1.71. The van der Waals surface area contributed by atoms with E-state index in [0.717, 1.165) is 13.1 Å². The number of aromatic hydroxyl groups is 2. The van der Waals surface area contributed by atoms with Crippen LogP contribution in [0.15, 0.2) is 18.2 Å². The molecular weight excluding hydrogens is 214 g/mol. The van der Waals surface area contributed by atoms with Crippen LogP contribution in [0.4, 0.5) is 0 Å². The van der Waals surface area contributed by atoms with E-state index in [9.17, 15) is 10.2 Å². The first-order valence-electron chi connectivity index (χ1n) is 6.25. The van der Waals surface area contributed by atoms with E-state index >= 15 is 0 Å². The summed E-state index contributed by atoms with van der Waals surface area (Å²) in [7, 11) is 0. The highest BCUT2D eigenvalue weighted by molar-refractivity contribution is 5.45. The predicted octanol–water partition coefficient (Wildman–Crippen LogP) is 2.75. The van der Waals surface area contributed by atoms with Crippen LogP contribution < -0.4 is 0 Å². The number of nitrogens with zero attached hydrogens (tertiary/aromatic N) is 1. The number of phenolic OH excluding ortho intramolecular Hbond substituents is 2. The summed E-state index contributed by atoms with van der Waals surface area (Å²) < 4.78 is 0. The molecule has 1 fully saturated rings. The van der Waals surface area contributed by atoms with Gasteiger partial charge in [-0.15, -0.1) is 0 Å². The van der Waals surface area contributed by atoms with Gasteiger partial charge in [-0.05, 0) is 30.9 Å². The summed E-state index contributed by atoms with van der Waals surface area (Å²) >= 11 is 0. The van der Waals surface area contributed by atoms with Gasteiger partial charge in [0.15, 0.2) is 0 Å². The normalized spacial score (nSPS) is 27.2. The second kappa shape index (κ2) is 4.57. The van der Waals surface area contributed by atoms with Crippen LogP contribution >= 0.6 is 0 Å². The van der Waals surface area contributed by atoms with Crippen LogP contribution in [0.25, 0.3) is 0 Å². The summed E-state index contributed by atoms with van der Waals surface area (Å²) in [5.41, 5.74) is 0.647. The third kappa shape index (κ3) is 2.25. The van der Waals surface area contributed by atoms with Crippen molar-refractivity contribution in [3.05, 3.63) is 23.8 Å². The Morgan fingerprint density at radius 1 is 1.12 bits per heavy atom. The molecule has 1 saturated heterocycles. The molecule has 1 aromatic rings. The minimum Gasteiger partial charge on any atom is -0.507 e. The van der Waals surface area contributed by atoms with Gasteiger partial charge < -0.3 is 10.2 Å². The quantitative estimate of drug-likeness (QED) is 0.828. The highest BCUT2D eigenvalue weighted by atomic mass is 16.3. The standard InChI is InChI=1S/C14H21NO2/c1-9-7-15(8-10(9)2)11(3)14-12(16)5-4-6-13(14)17/h4-6,9-11,16-17H,7-8H2,1-3H3. The number of benzene rings is 1. The average molecular weight is 235 g/mol. The number of hydrogen-bond acceptors (Lipinski definition) is 3. The molecule has 3 unspecified atom stereocenters. The van der Waals surface area contributed by atoms with Crippen LogP contribution in [0.3, 0.4) is 0 Å². The van der Waals surface area contributed by atoms with Gasteiger partial charge in [0, 0.05) is 19.1 Å². The van der Waals surface area contributed by atoms with Crippen molar-refractivity contribution in [3.63, 3.8) is 0 Å². The van der Waals surface area contributed by atoms with E-state index in [0.29, 0.717) is 17.4 Å². The molecule has 2 rings (SSSR count). The molecule has 3 atom stereocenters. The Kier molecular flexibility index (Phi) is 3.29. The Morgan fingerprint density at radius 2 is 1.59 bits per heavy atom. The molecule has 3 heteroatoms. The van der Waals surface area contributed by atoms with Gasteiger partial charge in [0.05, 0.1) is 5.56 Å². The fourth-order valence-corrected chi connectivity index (χ4v) is 2.64. The van der Waals surface area contributed by atoms with Crippen LogP contribution in [0.5, 0.6) is 11.5 Å². The zero-order valence-corrected chi connectivity index (χ0v) is 10.7. The lowest BCUT2D eigenvalue weighted by Gasteiger charge is -2.25. The molecule has 0 aromatic heterocycles. The van der Waals surface area contributed by atoms with Crippen LogP contribution in [-0.4, -0.2) is 28.2 Å². The monoisotopic (exact) mass is 235 g/mol. The smallest absolute Gasteiger partial charge is 0.124 e. The van der Waals surface area contributed by atoms with Crippen molar-refractivity contribution < 1.29 is 10.2 Å². The average Bonchev–Trinajstić information content (AvgIpc) is 2.59. The van der Waals surface area contributed by atoms with Gasteiger partial charge in [0.25, 0.3) is 0 Å². The Labute approximate surface area is 103 Å². The summed E-state index contributed by atoms with van der Waals surface area (Å²) in [6.07, 6.45) is 0. The lowest BCUT2D eigenvalue weighted by atomic mass is 10.0. The summed E-state index contributed by atoms with van der Waals surface area (Å²) in [6, 6.07) is 4.99. The van der Waals surface area contributed by atoms with Crippen LogP contribution in [0, 0.1) is 11.8 Å². The maximum Gasteiger partial charge on any atom is 0.124 e. The molecule has 2 N–H and O–H groups in total. The van der Waals surface area contributed by atoms with Crippen LogP contribution in [0.2, 0.25) is 0 Å². The highest BCUT2D eigenvalue weighted by Crippen LogP contribution is 2.38. The molecule has 1 aliphatic heterocycles. The number of rotatable bonds is 2. The Hall–Kier alpha value is -1.22.